The molecular formula is C11H13ClNOS2. The van der Waals surface area contributed by atoms with Crippen LogP contribution in [0.25, 0.3) is 0 Å². The number of piperidine rings is 1. The standard InChI is InChI=1S/C11H12NOS2.ClH/c13-9-7-11(2-4-12-5-3-11)15-10-8(9)1-6-14-10;/h1-2,6,12H,3-5,7H2;1H. The number of thiophene rings is 1. The second kappa shape index (κ2) is 4.69. The van der Waals surface area contributed by atoms with Crippen molar-refractivity contribution in [1.82, 2.24) is 5.32 Å². The zero-order chi connectivity index (χ0) is 10.3. The highest BCUT2D eigenvalue weighted by atomic mass is 35.5. The van der Waals surface area contributed by atoms with Crippen LogP contribution in [0, 0.1) is 6.42 Å². The average molecular weight is 275 g/mol. The summed E-state index contributed by atoms with van der Waals surface area (Å²) in [5.74, 6) is 0.322. The largest absolute Gasteiger partial charge is 0.316 e. The van der Waals surface area contributed by atoms with Crippen molar-refractivity contribution in [3.63, 3.8) is 0 Å². The number of rotatable bonds is 0. The van der Waals surface area contributed by atoms with Crippen LogP contribution in [-0.2, 0) is 0 Å². The molecule has 0 saturated carbocycles. The van der Waals surface area contributed by atoms with E-state index in [-0.39, 0.29) is 17.2 Å². The lowest BCUT2D eigenvalue weighted by atomic mass is 9.89. The lowest BCUT2D eigenvalue weighted by molar-refractivity contribution is 0.0964. The van der Waals surface area contributed by atoms with Crippen LogP contribution < -0.4 is 5.32 Å². The van der Waals surface area contributed by atoms with Crippen LogP contribution in [0.2, 0.25) is 0 Å². The van der Waals surface area contributed by atoms with Gasteiger partial charge in [-0.15, -0.1) is 35.5 Å². The molecule has 1 saturated heterocycles. The Hall–Kier alpha value is -0.0300. The van der Waals surface area contributed by atoms with Crippen molar-refractivity contribution < 1.29 is 4.79 Å². The van der Waals surface area contributed by atoms with Crippen molar-refractivity contribution in [2.45, 2.75) is 21.8 Å². The molecule has 0 aromatic carbocycles. The predicted molar refractivity (Wildman–Crippen MR) is 70.9 cm³/mol. The molecule has 0 bridgehead atoms. The summed E-state index contributed by atoms with van der Waals surface area (Å²) in [6.45, 7) is 1.96. The van der Waals surface area contributed by atoms with E-state index in [9.17, 15) is 4.79 Å². The fraction of sp³-hybridized carbons (Fsp3) is 0.455. The Morgan fingerprint density at radius 3 is 3.06 bits per heavy atom. The fourth-order valence-corrected chi connectivity index (χ4v) is 4.91. The van der Waals surface area contributed by atoms with E-state index in [0.717, 1.165) is 25.1 Å². The molecular weight excluding hydrogens is 262 g/mol. The topological polar surface area (TPSA) is 29.1 Å². The maximum absolute atomic E-state index is 12.0. The second-order valence-electron chi connectivity index (χ2n) is 4.05. The number of halogens is 1. The van der Waals surface area contributed by atoms with Gasteiger partial charge in [-0.3, -0.25) is 4.79 Å². The highest BCUT2D eigenvalue weighted by Crippen LogP contribution is 2.49. The molecule has 0 amide bonds. The van der Waals surface area contributed by atoms with Gasteiger partial charge in [0.1, 0.15) is 0 Å². The Morgan fingerprint density at radius 1 is 1.44 bits per heavy atom. The SMILES string of the molecule is Cl.O=C1CC2([CH]CNCC2)Sc2sccc21. The van der Waals surface area contributed by atoms with Gasteiger partial charge in [-0.1, -0.05) is 0 Å². The molecule has 1 spiro atoms. The summed E-state index contributed by atoms with van der Waals surface area (Å²) >= 11 is 3.59. The maximum atomic E-state index is 12.0. The summed E-state index contributed by atoms with van der Waals surface area (Å²) in [4.78, 5) is 12.0. The molecule has 2 aliphatic heterocycles. The molecule has 16 heavy (non-hydrogen) atoms. The first-order valence-electron chi connectivity index (χ1n) is 5.14. The molecule has 1 aromatic heterocycles. The van der Waals surface area contributed by atoms with Crippen LogP contribution in [0.4, 0.5) is 0 Å². The fourth-order valence-electron chi connectivity index (χ4n) is 2.18. The molecule has 87 valence electrons. The van der Waals surface area contributed by atoms with E-state index in [1.54, 1.807) is 11.3 Å². The molecule has 1 aromatic rings. The molecule has 5 heteroatoms. The van der Waals surface area contributed by atoms with Crippen molar-refractivity contribution in [1.29, 1.82) is 0 Å². The Kier molecular flexibility index (Phi) is 3.64. The normalized spacial score (nSPS) is 22.6. The third kappa shape index (κ3) is 2.04. The molecule has 2 nitrogen and oxygen atoms in total. The van der Waals surface area contributed by atoms with E-state index in [1.165, 1.54) is 4.21 Å². The highest BCUT2D eigenvalue weighted by molar-refractivity contribution is 8.02. The summed E-state index contributed by atoms with van der Waals surface area (Å²) in [5.41, 5.74) is 0.947. The van der Waals surface area contributed by atoms with Crippen LogP contribution >= 0.6 is 35.5 Å². The minimum atomic E-state index is 0. The van der Waals surface area contributed by atoms with Gasteiger partial charge in [-0.25, -0.2) is 0 Å². The maximum Gasteiger partial charge on any atom is 0.166 e. The first kappa shape index (κ1) is 12.4. The Labute approximate surface area is 110 Å². The number of nitrogens with one attached hydrogen (secondary N) is 1. The molecule has 1 fully saturated rings. The molecule has 0 aliphatic carbocycles. The zero-order valence-corrected chi connectivity index (χ0v) is 11.1. The van der Waals surface area contributed by atoms with E-state index in [4.69, 9.17) is 0 Å². The molecule has 2 aliphatic rings. The Bertz CT molecular complexity index is 398. The first-order valence-corrected chi connectivity index (χ1v) is 6.84. The number of ketones is 1. The monoisotopic (exact) mass is 274 g/mol. The van der Waals surface area contributed by atoms with Crippen LogP contribution in [-0.4, -0.2) is 23.6 Å². The summed E-state index contributed by atoms with van der Waals surface area (Å²) in [5, 5.41) is 5.34. The van der Waals surface area contributed by atoms with Gasteiger partial charge in [0.2, 0.25) is 0 Å². The van der Waals surface area contributed by atoms with Gasteiger partial charge in [-0.2, -0.15) is 0 Å². The van der Waals surface area contributed by atoms with Gasteiger partial charge in [-0.05, 0) is 37.4 Å². The van der Waals surface area contributed by atoms with Crippen molar-refractivity contribution >= 4 is 41.3 Å². The van der Waals surface area contributed by atoms with Crippen molar-refractivity contribution in [3.8, 4) is 0 Å². The summed E-state index contributed by atoms with van der Waals surface area (Å²) in [7, 11) is 0. The molecule has 1 unspecified atom stereocenters. The highest BCUT2D eigenvalue weighted by Gasteiger charge is 2.40. The van der Waals surface area contributed by atoms with E-state index in [0.29, 0.717) is 12.2 Å². The molecule has 3 heterocycles. The molecule has 3 rings (SSSR count). The van der Waals surface area contributed by atoms with Gasteiger partial charge in [0.05, 0.1) is 4.21 Å². The lowest BCUT2D eigenvalue weighted by Crippen LogP contribution is -2.43. The van der Waals surface area contributed by atoms with Gasteiger partial charge in [0, 0.05) is 16.7 Å². The number of carbonyl (C=O) groups excluding carboxylic acids is 1. The number of Topliss-reactive ketones (excluding diaryl/α,β-unsaturated/α-hetero) is 1. The van der Waals surface area contributed by atoms with Gasteiger partial charge in [0.25, 0.3) is 0 Å². The van der Waals surface area contributed by atoms with E-state index < -0.39 is 0 Å². The van der Waals surface area contributed by atoms with Crippen LogP contribution in [0.1, 0.15) is 23.2 Å². The molecule has 1 radical (unpaired) electrons. The Balaban J connectivity index is 0.000000963. The quantitative estimate of drug-likeness (QED) is 0.789. The zero-order valence-electron chi connectivity index (χ0n) is 8.69. The number of hydrogen-bond acceptors (Lipinski definition) is 4. The first-order chi connectivity index (χ1) is 7.29. The van der Waals surface area contributed by atoms with Crippen LogP contribution in [0.15, 0.2) is 15.7 Å². The number of hydrogen-bond donors (Lipinski definition) is 1. The predicted octanol–water partition coefficient (Wildman–Crippen LogP) is 2.78. The van der Waals surface area contributed by atoms with E-state index in [1.807, 2.05) is 23.2 Å². The minimum absolute atomic E-state index is 0. The average Bonchev–Trinajstić information content (AvgIpc) is 2.67. The third-order valence-electron chi connectivity index (χ3n) is 3.03. The molecule has 1 N–H and O–H groups in total. The van der Waals surface area contributed by atoms with Crippen molar-refractivity contribution in [2.24, 2.45) is 0 Å². The number of carbonyl (C=O) groups is 1. The summed E-state index contributed by atoms with van der Waals surface area (Å²) < 4.78 is 1.30. The smallest absolute Gasteiger partial charge is 0.166 e. The van der Waals surface area contributed by atoms with Crippen LogP contribution in [0.5, 0.6) is 0 Å². The van der Waals surface area contributed by atoms with Gasteiger partial charge < -0.3 is 5.32 Å². The van der Waals surface area contributed by atoms with Gasteiger partial charge >= 0.3 is 0 Å². The van der Waals surface area contributed by atoms with Crippen LogP contribution in [0.3, 0.4) is 0 Å². The second-order valence-corrected chi connectivity index (χ2v) is 6.65. The van der Waals surface area contributed by atoms with E-state index >= 15 is 0 Å². The number of fused-ring (bicyclic) bond motifs is 1. The third-order valence-corrected chi connectivity index (χ3v) is 5.60. The minimum Gasteiger partial charge on any atom is -0.316 e. The molecule has 1 atom stereocenters. The van der Waals surface area contributed by atoms with Crippen molar-refractivity contribution in [2.75, 3.05) is 13.1 Å². The van der Waals surface area contributed by atoms with E-state index in [2.05, 4.69) is 11.7 Å². The Morgan fingerprint density at radius 2 is 2.31 bits per heavy atom. The summed E-state index contributed by atoms with van der Waals surface area (Å²) in [6.07, 6.45) is 4.03. The summed E-state index contributed by atoms with van der Waals surface area (Å²) in [6, 6.07) is 1.96. The number of thioether (sulfide) groups is 1. The van der Waals surface area contributed by atoms with Crippen molar-refractivity contribution in [3.05, 3.63) is 23.4 Å². The lowest BCUT2D eigenvalue weighted by Gasteiger charge is -2.38. The van der Waals surface area contributed by atoms with Gasteiger partial charge in [0.15, 0.2) is 5.78 Å².